The second-order valence-corrected chi connectivity index (χ2v) is 3.64. The van der Waals surface area contributed by atoms with Crippen LogP contribution in [0.4, 0.5) is 17.6 Å². The summed E-state index contributed by atoms with van der Waals surface area (Å²) in [5.74, 6) is -6.11. The molecule has 0 aliphatic rings. The Morgan fingerprint density at radius 2 is 2.00 bits per heavy atom. The molecule has 0 fully saturated rings. The summed E-state index contributed by atoms with van der Waals surface area (Å²) in [6, 6.07) is 0.411. The van der Waals surface area contributed by atoms with Gasteiger partial charge in [0.05, 0.1) is 10.9 Å². The zero-order chi connectivity index (χ0) is 15.0. The SMILES string of the molecule is O=C(O)c1c[nH]c2c(OC(F)F)c(F)c(F)cc2c1=O. The molecule has 2 N–H and O–H groups in total. The molecule has 1 aromatic heterocycles. The number of aromatic amines is 1. The number of pyridine rings is 1. The molecule has 2 aromatic rings. The predicted molar refractivity (Wildman–Crippen MR) is 58.1 cm³/mol. The van der Waals surface area contributed by atoms with Crippen molar-refractivity contribution in [1.82, 2.24) is 4.98 Å². The van der Waals surface area contributed by atoms with E-state index in [0.717, 1.165) is 0 Å². The highest BCUT2D eigenvalue weighted by atomic mass is 19.3. The predicted octanol–water partition coefficient (Wildman–Crippen LogP) is 2.11. The van der Waals surface area contributed by atoms with Gasteiger partial charge in [0.25, 0.3) is 0 Å². The van der Waals surface area contributed by atoms with Gasteiger partial charge in [-0.1, -0.05) is 0 Å². The largest absolute Gasteiger partial charge is 0.477 e. The minimum atomic E-state index is -3.45. The van der Waals surface area contributed by atoms with Gasteiger partial charge in [-0.05, 0) is 6.07 Å². The molecular weight excluding hydrogens is 286 g/mol. The van der Waals surface area contributed by atoms with Crippen LogP contribution in [-0.2, 0) is 0 Å². The van der Waals surface area contributed by atoms with Crippen LogP contribution in [0.2, 0.25) is 0 Å². The van der Waals surface area contributed by atoms with Crippen LogP contribution < -0.4 is 10.2 Å². The maximum absolute atomic E-state index is 13.4. The molecule has 106 valence electrons. The van der Waals surface area contributed by atoms with Crippen molar-refractivity contribution in [3.05, 3.63) is 39.7 Å². The van der Waals surface area contributed by atoms with Crippen molar-refractivity contribution in [2.24, 2.45) is 0 Å². The third-order valence-corrected chi connectivity index (χ3v) is 2.46. The fraction of sp³-hybridized carbons (Fsp3) is 0.0909. The number of aromatic nitrogens is 1. The first-order valence-corrected chi connectivity index (χ1v) is 5.04. The van der Waals surface area contributed by atoms with Crippen LogP contribution in [-0.4, -0.2) is 22.7 Å². The van der Waals surface area contributed by atoms with Crippen molar-refractivity contribution >= 4 is 16.9 Å². The molecule has 0 saturated heterocycles. The number of carboxylic acid groups (broad SMARTS) is 1. The van der Waals surface area contributed by atoms with Gasteiger partial charge in [0.2, 0.25) is 11.2 Å². The second kappa shape index (κ2) is 4.83. The summed E-state index contributed by atoms with van der Waals surface area (Å²) in [4.78, 5) is 24.6. The summed E-state index contributed by atoms with van der Waals surface area (Å²) in [6.07, 6.45) is 0.683. The van der Waals surface area contributed by atoms with Crippen LogP contribution in [0, 0.1) is 11.6 Å². The minimum absolute atomic E-state index is 0.411. The molecule has 0 amide bonds. The molecule has 0 saturated carbocycles. The summed E-state index contributed by atoms with van der Waals surface area (Å²) in [5.41, 5.74) is -2.45. The van der Waals surface area contributed by atoms with Gasteiger partial charge in [-0.15, -0.1) is 0 Å². The average Bonchev–Trinajstić information content (AvgIpc) is 2.35. The Morgan fingerprint density at radius 3 is 2.55 bits per heavy atom. The highest BCUT2D eigenvalue weighted by Crippen LogP contribution is 2.29. The molecule has 0 bridgehead atoms. The van der Waals surface area contributed by atoms with Gasteiger partial charge in [0, 0.05) is 6.20 Å². The summed E-state index contributed by atoms with van der Waals surface area (Å²) < 4.78 is 54.9. The number of ether oxygens (including phenoxy) is 1. The Morgan fingerprint density at radius 1 is 1.35 bits per heavy atom. The standard InChI is InChI=1S/C11H5F4NO4/c12-5-1-3-7(9(6(5)13)20-11(14)15)16-2-4(8(3)17)10(18)19/h1-2,11H,(H,16,17)(H,18,19). The molecule has 1 aromatic carbocycles. The van der Waals surface area contributed by atoms with Gasteiger partial charge in [-0.2, -0.15) is 13.2 Å². The fourth-order valence-electron chi connectivity index (χ4n) is 1.64. The number of halogens is 4. The second-order valence-electron chi connectivity index (χ2n) is 3.64. The summed E-state index contributed by atoms with van der Waals surface area (Å²) in [7, 11) is 0. The van der Waals surface area contributed by atoms with Crippen LogP contribution in [0.25, 0.3) is 10.9 Å². The molecule has 0 atom stereocenters. The van der Waals surface area contributed by atoms with E-state index in [9.17, 15) is 27.2 Å². The van der Waals surface area contributed by atoms with E-state index in [1.54, 1.807) is 0 Å². The Kier molecular flexibility index (Phi) is 3.35. The zero-order valence-corrected chi connectivity index (χ0v) is 9.42. The first-order valence-electron chi connectivity index (χ1n) is 5.04. The molecule has 0 radical (unpaired) electrons. The molecule has 0 spiro atoms. The van der Waals surface area contributed by atoms with Crippen molar-refractivity contribution in [3.8, 4) is 5.75 Å². The number of nitrogens with one attached hydrogen (secondary N) is 1. The summed E-state index contributed by atoms with van der Waals surface area (Å²) in [5, 5.41) is 8.11. The topological polar surface area (TPSA) is 79.4 Å². The molecule has 20 heavy (non-hydrogen) atoms. The molecule has 0 aliphatic carbocycles. The fourth-order valence-corrected chi connectivity index (χ4v) is 1.64. The zero-order valence-electron chi connectivity index (χ0n) is 9.42. The van der Waals surface area contributed by atoms with E-state index >= 15 is 0 Å². The Bertz CT molecular complexity index is 756. The summed E-state index contributed by atoms with van der Waals surface area (Å²) in [6.45, 7) is -3.45. The van der Waals surface area contributed by atoms with Crippen LogP contribution in [0.3, 0.4) is 0 Å². The van der Waals surface area contributed by atoms with Crippen molar-refractivity contribution in [1.29, 1.82) is 0 Å². The van der Waals surface area contributed by atoms with Gasteiger partial charge >= 0.3 is 12.6 Å². The van der Waals surface area contributed by atoms with Crippen molar-refractivity contribution in [3.63, 3.8) is 0 Å². The number of fused-ring (bicyclic) bond motifs is 1. The maximum Gasteiger partial charge on any atom is 0.387 e. The molecule has 2 rings (SSSR count). The Hall–Kier alpha value is -2.58. The monoisotopic (exact) mass is 291 g/mol. The lowest BCUT2D eigenvalue weighted by Gasteiger charge is -2.10. The minimum Gasteiger partial charge on any atom is -0.477 e. The van der Waals surface area contributed by atoms with Crippen molar-refractivity contribution < 1.29 is 32.2 Å². The van der Waals surface area contributed by atoms with E-state index < -0.39 is 51.9 Å². The number of carboxylic acids is 1. The van der Waals surface area contributed by atoms with E-state index in [1.807, 2.05) is 0 Å². The van der Waals surface area contributed by atoms with Crippen LogP contribution in [0.1, 0.15) is 10.4 Å². The number of benzene rings is 1. The molecule has 1 heterocycles. The third-order valence-electron chi connectivity index (χ3n) is 2.46. The Labute approximate surface area is 107 Å². The molecule has 9 heteroatoms. The first-order chi connectivity index (χ1) is 9.32. The van der Waals surface area contributed by atoms with Gasteiger partial charge in [-0.3, -0.25) is 4.79 Å². The van der Waals surface area contributed by atoms with E-state index in [2.05, 4.69) is 9.72 Å². The molecule has 0 aliphatic heterocycles. The number of hydrogen-bond donors (Lipinski definition) is 2. The maximum atomic E-state index is 13.4. The van der Waals surface area contributed by atoms with Gasteiger partial charge in [0.1, 0.15) is 5.56 Å². The van der Waals surface area contributed by atoms with E-state index in [1.165, 1.54) is 0 Å². The van der Waals surface area contributed by atoms with Gasteiger partial charge < -0.3 is 14.8 Å². The van der Waals surface area contributed by atoms with Crippen molar-refractivity contribution in [2.45, 2.75) is 6.61 Å². The number of aromatic carboxylic acids is 1. The number of alkyl halides is 2. The summed E-state index contributed by atoms with van der Waals surface area (Å²) >= 11 is 0. The van der Waals surface area contributed by atoms with Crippen molar-refractivity contribution in [2.75, 3.05) is 0 Å². The van der Waals surface area contributed by atoms with Crippen LogP contribution in [0.5, 0.6) is 5.75 Å². The van der Waals surface area contributed by atoms with E-state index in [-0.39, 0.29) is 0 Å². The lowest BCUT2D eigenvalue weighted by molar-refractivity contribution is -0.0515. The highest BCUT2D eigenvalue weighted by molar-refractivity contribution is 5.94. The van der Waals surface area contributed by atoms with E-state index in [0.29, 0.717) is 12.3 Å². The average molecular weight is 291 g/mol. The lowest BCUT2D eigenvalue weighted by Crippen LogP contribution is -2.17. The van der Waals surface area contributed by atoms with Crippen LogP contribution >= 0.6 is 0 Å². The number of H-pyrrole nitrogens is 1. The first kappa shape index (κ1) is 13.8. The quantitative estimate of drug-likeness (QED) is 0.849. The molecule has 0 unspecified atom stereocenters. The molecular formula is C11H5F4NO4. The Balaban J connectivity index is 2.86. The number of rotatable bonds is 3. The molecule has 5 nitrogen and oxygen atoms in total. The van der Waals surface area contributed by atoms with Gasteiger partial charge in [0.15, 0.2) is 11.6 Å². The smallest absolute Gasteiger partial charge is 0.387 e. The normalized spacial score (nSPS) is 11.1. The third kappa shape index (κ3) is 2.17. The van der Waals surface area contributed by atoms with Gasteiger partial charge in [-0.25, -0.2) is 9.18 Å². The van der Waals surface area contributed by atoms with Crippen LogP contribution in [0.15, 0.2) is 17.1 Å². The highest BCUT2D eigenvalue weighted by Gasteiger charge is 2.22. The lowest BCUT2D eigenvalue weighted by atomic mass is 10.1. The number of hydrogen-bond acceptors (Lipinski definition) is 3. The van der Waals surface area contributed by atoms with E-state index in [4.69, 9.17) is 5.11 Å². The number of carbonyl (C=O) groups is 1.